The Labute approximate surface area is 103 Å². The standard InChI is InChI=1S/C9H15F2O6P/c1-4-15-8(13)7(12)9(10,11)18(14,16-5-2)17-6-3/h4-6H2,1-3H3. The van der Waals surface area contributed by atoms with Gasteiger partial charge in [-0.05, 0) is 20.8 Å². The fourth-order valence-electron chi connectivity index (χ4n) is 0.983. The fourth-order valence-corrected chi connectivity index (χ4v) is 2.40. The maximum Gasteiger partial charge on any atom is 0.414 e. The maximum atomic E-state index is 13.7. The Kier molecular flexibility index (Phi) is 6.59. The topological polar surface area (TPSA) is 78.9 Å². The summed E-state index contributed by atoms with van der Waals surface area (Å²) in [6.45, 7) is 2.97. The molecule has 0 aliphatic carbocycles. The number of esters is 1. The summed E-state index contributed by atoms with van der Waals surface area (Å²) in [6, 6.07) is 0. The number of rotatable bonds is 8. The molecule has 0 aliphatic rings. The Hall–Kier alpha value is -0.850. The summed E-state index contributed by atoms with van der Waals surface area (Å²) >= 11 is 0. The summed E-state index contributed by atoms with van der Waals surface area (Å²) < 4.78 is 51.9. The first-order chi connectivity index (χ1) is 8.26. The largest absolute Gasteiger partial charge is 0.460 e. The Balaban J connectivity index is 5.23. The average molecular weight is 288 g/mol. The van der Waals surface area contributed by atoms with Gasteiger partial charge in [0.2, 0.25) is 0 Å². The minimum atomic E-state index is -5.04. The minimum absolute atomic E-state index is 0.256. The molecule has 0 N–H and O–H groups in total. The predicted molar refractivity (Wildman–Crippen MR) is 57.4 cm³/mol. The fraction of sp³-hybridized carbons (Fsp3) is 0.778. The second-order valence-electron chi connectivity index (χ2n) is 2.92. The molecular formula is C9H15F2O6P. The lowest BCUT2D eigenvalue weighted by Crippen LogP contribution is -2.37. The molecule has 0 aliphatic heterocycles. The summed E-state index contributed by atoms with van der Waals surface area (Å²) in [5, 5.41) is 0. The van der Waals surface area contributed by atoms with Crippen LogP contribution in [0.1, 0.15) is 20.8 Å². The normalized spacial score (nSPS) is 12.3. The smallest absolute Gasteiger partial charge is 0.414 e. The molecule has 0 saturated carbocycles. The van der Waals surface area contributed by atoms with E-state index in [0.717, 1.165) is 0 Å². The molecule has 106 valence electrons. The third kappa shape index (κ3) is 3.57. The van der Waals surface area contributed by atoms with Crippen LogP contribution in [0.25, 0.3) is 0 Å². The molecule has 9 heteroatoms. The Bertz CT molecular complexity index is 347. The molecule has 0 bridgehead atoms. The van der Waals surface area contributed by atoms with Crippen LogP contribution >= 0.6 is 7.60 Å². The molecule has 0 aromatic carbocycles. The van der Waals surface area contributed by atoms with Gasteiger partial charge in [-0.2, -0.15) is 8.78 Å². The molecule has 0 aromatic heterocycles. The van der Waals surface area contributed by atoms with Crippen LogP contribution < -0.4 is 0 Å². The lowest BCUT2D eigenvalue weighted by Gasteiger charge is -2.23. The molecule has 0 saturated heterocycles. The SMILES string of the molecule is CCOC(=O)C(=O)C(F)(F)P(=O)(OCC)OCC. The van der Waals surface area contributed by atoms with Crippen molar-refractivity contribution in [1.29, 1.82) is 0 Å². The van der Waals surface area contributed by atoms with E-state index in [9.17, 15) is 22.9 Å². The van der Waals surface area contributed by atoms with Crippen molar-refractivity contribution in [2.45, 2.75) is 26.4 Å². The zero-order chi connectivity index (χ0) is 14.4. The monoisotopic (exact) mass is 288 g/mol. The van der Waals surface area contributed by atoms with Gasteiger partial charge in [0.1, 0.15) is 0 Å². The zero-order valence-electron chi connectivity index (χ0n) is 10.3. The van der Waals surface area contributed by atoms with Crippen molar-refractivity contribution < 1.29 is 36.7 Å². The van der Waals surface area contributed by atoms with Crippen molar-refractivity contribution in [3.8, 4) is 0 Å². The number of hydrogen-bond donors (Lipinski definition) is 0. The van der Waals surface area contributed by atoms with Crippen molar-refractivity contribution in [1.82, 2.24) is 0 Å². The number of ketones is 1. The van der Waals surface area contributed by atoms with E-state index in [1.54, 1.807) is 0 Å². The average Bonchev–Trinajstić information content (AvgIpc) is 2.28. The van der Waals surface area contributed by atoms with Gasteiger partial charge in [0.25, 0.3) is 0 Å². The van der Waals surface area contributed by atoms with Crippen LogP contribution in [0.5, 0.6) is 0 Å². The van der Waals surface area contributed by atoms with Gasteiger partial charge in [-0.15, -0.1) is 0 Å². The minimum Gasteiger partial charge on any atom is -0.460 e. The summed E-state index contributed by atoms with van der Waals surface area (Å²) in [5.41, 5.74) is -4.56. The first-order valence-electron chi connectivity index (χ1n) is 5.25. The van der Waals surface area contributed by atoms with Gasteiger partial charge in [-0.25, -0.2) is 4.79 Å². The number of ether oxygens (including phenoxy) is 1. The lowest BCUT2D eigenvalue weighted by atomic mass is 10.4. The summed E-state index contributed by atoms with van der Waals surface area (Å²) in [4.78, 5) is 22.2. The van der Waals surface area contributed by atoms with E-state index in [1.807, 2.05) is 0 Å². The van der Waals surface area contributed by atoms with Crippen LogP contribution in [-0.4, -0.2) is 37.2 Å². The van der Waals surface area contributed by atoms with E-state index in [4.69, 9.17) is 0 Å². The number of Topliss-reactive ketones (excluding diaryl/α,β-unsaturated/α-hetero) is 1. The van der Waals surface area contributed by atoms with E-state index in [0.29, 0.717) is 0 Å². The quantitative estimate of drug-likeness (QED) is 0.386. The molecule has 6 nitrogen and oxygen atoms in total. The van der Waals surface area contributed by atoms with E-state index in [-0.39, 0.29) is 19.8 Å². The van der Waals surface area contributed by atoms with Crippen LogP contribution in [0, 0.1) is 0 Å². The highest BCUT2D eigenvalue weighted by Crippen LogP contribution is 2.62. The first-order valence-corrected chi connectivity index (χ1v) is 6.79. The van der Waals surface area contributed by atoms with Gasteiger partial charge >= 0.3 is 25.0 Å². The third-order valence-corrected chi connectivity index (χ3v) is 3.76. The van der Waals surface area contributed by atoms with Crippen molar-refractivity contribution in [3.05, 3.63) is 0 Å². The van der Waals surface area contributed by atoms with Crippen molar-refractivity contribution in [2.75, 3.05) is 19.8 Å². The Morgan fingerprint density at radius 3 is 1.83 bits per heavy atom. The van der Waals surface area contributed by atoms with Crippen LogP contribution in [0.3, 0.4) is 0 Å². The van der Waals surface area contributed by atoms with E-state index in [2.05, 4.69) is 13.8 Å². The number of alkyl halides is 2. The van der Waals surface area contributed by atoms with Crippen LogP contribution in [-0.2, 0) is 27.9 Å². The van der Waals surface area contributed by atoms with Gasteiger partial charge in [0, 0.05) is 0 Å². The van der Waals surface area contributed by atoms with Gasteiger partial charge in [0.15, 0.2) is 0 Å². The molecule has 0 aromatic rings. The summed E-state index contributed by atoms with van der Waals surface area (Å²) in [5.74, 6) is -4.02. The van der Waals surface area contributed by atoms with E-state index in [1.165, 1.54) is 20.8 Å². The maximum absolute atomic E-state index is 13.7. The number of hydrogen-bond acceptors (Lipinski definition) is 6. The molecule has 18 heavy (non-hydrogen) atoms. The Morgan fingerprint density at radius 1 is 1.06 bits per heavy atom. The van der Waals surface area contributed by atoms with E-state index < -0.39 is 25.0 Å². The van der Waals surface area contributed by atoms with Crippen molar-refractivity contribution >= 4 is 19.3 Å². The predicted octanol–water partition coefficient (Wildman–Crippen LogP) is 1.98. The first kappa shape index (κ1) is 17.2. The number of halogens is 2. The highest BCUT2D eigenvalue weighted by atomic mass is 31.2. The van der Waals surface area contributed by atoms with Crippen LogP contribution in [0.4, 0.5) is 8.78 Å². The molecule has 0 atom stereocenters. The number of carbonyl (C=O) groups excluding carboxylic acids is 2. The second-order valence-corrected chi connectivity index (χ2v) is 5.00. The molecule has 0 heterocycles. The van der Waals surface area contributed by atoms with Gasteiger partial charge in [-0.3, -0.25) is 9.36 Å². The second kappa shape index (κ2) is 6.92. The molecule has 0 fully saturated rings. The zero-order valence-corrected chi connectivity index (χ0v) is 11.2. The van der Waals surface area contributed by atoms with Gasteiger partial charge < -0.3 is 13.8 Å². The summed E-state index contributed by atoms with van der Waals surface area (Å²) in [6.07, 6.45) is 0. The van der Waals surface area contributed by atoms with Crippen molar-refractivity contribution in [3.63, 3.8) is 0 Å². The summed E-state index contributed by atoms with van der Waals surface area (Å²) in [7, 11) is -5.04. The van der Waals surface area contributed by atoms with Crippen molar-refractivity contribution in [2.24, 2.45) is 0 Å². The molecule has 0 amide bonds. The number of carbonyl (C=O) groups is 2. The highest BCUT2D eigenvalue weighted by molar-refractivity contribution is 7.56. The van der Waals surface area contributed by atoms with Gasteiger partial charge in [-0.1, -0.05) is 0 Å². The van der Waals surface area contributed by atoms with Gasteiger partial charge in [0.05, 0.1) is 19.8 Å². The van der Waals surface area contributed by atoms with Crippen LogP contribution in [0.2, 0.25) is 0 Å². The third-order valence-electron chi connectivity index (χ3n) is 1.68. The Morgan fingerprint density at radius 2 is 1.50 bits per heavy atom. The highest BCUT2D eigenvalue weighted by Gasteiger charge is 2.62. The molecule has 0 radical (unpaired) electrons. The van der Waals surface area contributed by atoms with E-state index >= 15 is 0 Å². The van der Waals surface area contributed by atoms with Crippen LogP contribution in [0.15, 0.2) is 0 Å². The molecular weight excluding hydrogens is 273 g/mol. The lowest BCUT2D eigenvalue weighted by molar-refractivity contribution is -0.161. The molecule has 0 spiro atoms. The molecule has 0 rings (SSSR count). The molecule has 0 unspecified atom stereocenters.